The average molecular weight is 296 g/mol. The Morgan fingerprint density at radius 1 is 1.35 bits per heavy atom. The van der Waals surface area contributed by atoms with Crippen LogP contribution < -0.4 is 5.32 Å². The Labute approximate surface area is 115 Å². The summed E-state index contributed by atoms with van der Waals surface area (Å²) < 4.78 is 36.6. The minimum atomic E-state index is -4.36. The van der Waals surface area contributed by atoms with Gasteiger partial charge < -0.3 is 15.3 Å². The Balaban J connectivity index is 2.65. The first-order chi connectivity index (χ1) is 9.20. The van der Waals surface area contributed by atoms with Gasteiger partial charge in [0, 0.05) is 12.6 Å². The van der Waals surface area contributed by atoms with Crippen LogP contribution in [0, 0.1) is 0 Å². The van der Waals surface area contributed by atoms with Crippen molar-refractivity contribution in [1.82, 2.24) is 10.2 Å². The molecule has 0 aromatic carbocycles. The average Bonchev–Trinajstić information content (AvgIpc) is 2.50. The summed E-state index contributed by atoms with van der Waals surface area (Å²) in [5.41, 5.74) is 0. The number of carbonyl (C=O) groups excluding carboxylic acids is 1. The van der Waals surface area contributed by atoms with Crippen LogP contribution in [-0.2, 0) is 4.79 Å². The van der Waals surface area contributed by atoms with E-state index >= 15 is 0 Å². The van der Waals surface area contributed by atoms with E-state index in [0.29, 0.717) is 19.3 Å². The van der Waals surface area contributed by atoms with Crippen LogP contribution in [0.3, 0.4) is 0 Å². The Bertz CT molecular complexity index is 360. The second-order valence-corrected chi connectivity index (χ2v) is 5.07. The maximum atomic E-state index is 12.2. The van der Waals surface area contributed by atoms with Crippen LogP contribution in [0.1, 0.15) is 39.0 Å². The van der Waals surface area contributed by atoms with E-state index in [2.05, 4.69) is 5.32 Å². The van der Waals surface area contributed by atoms with Gasteiger partial charge in [0.1, 0.15) is 6.04 Å². The van der Waals surface area contributed by atoms with Crippen molar-refractivity contribution in [3.05, 3.63) is 0 Å². The van der Waals surface area contributed by atoms with Crippen molar-refractivity contribution in [2.75, 3.05) is 6.54 Å². The highest BCUT2D eigenvalue weighted by Gasteiger charge is 2.34. The summed E-state index contributed by atoms with van der Waals surface area (Å²) in [6.07, 6.45) is -3.01. The maximum Gasteiger partial charge on any atom is 0.391 e. The molecule has 20 heavy (non-hydrogen) atoms. The highest BCUT2D eigenvalue weighted by atomic mass is 19.4. The molecule has 2 N–H and O–H groups in total. The van der Waals surface area contributed by atoms with E-state index in [1.54, 1.807) is 0 Å². The number of hydrogen-bond acceptors (Lipinski definition) is 2. The Morgan fingerprint density at radius 2 is 2.00 bits per heavy atom. The van der Waals surface area contributed by atoms with Crippen molar-refractivity contribution in [1.29, 1.82) is 0 Å². The van der Waals surface area contributed by atoms with E-state index in [0.717, 1.165) is 11.3 Å². The van der Waals surface area contributed by atoms with E-state index in [4.69, 9.17) is 5.11 Å². The number of carbonyl (C=O) groups is 2. The topological polar surface area (TPSA) is 69.6 Å². The van der Waals surface area contributed by atoms with Crippen molar-refractivity contribution < 1.29 is 27.9 Å². The lowest BCUT2D eigenvalue weighted by molar-refractivity contribution is -0.143. The number of hydrogen-bond donors (Lipinski definition) is 2. The van der Waals surface area contributed by atoms with Crippen LogP contribution in [-0.4, -0.2) is 46.8 Å². The number of aliphatic carboxylic acids is 1. The highest BCUT2D eigenvalue weighted by molar-refractivity contribution is 5.82. The SMILES string of the molecule is CC(CC(F)(F)F)NC(=O)N1CCCCCC1C(=O)O. The van der Waals surface area contributed by atoms with Crippen LogP contribution in [0.25, 0.3) is 0 Å². The molecule has 2 amide bonds. The van der Waals surface area contributed by atoms with Crippen LogP contribution in [0.5, 0.6) is 0 Å². The van der Waals surface area contributed by atoms with Crippen molar-refractivity contribution in [2.45, 2.75) is 57.3 Å². The quantitative estimate of drug-likeness (QED) is 0.840. The number of amides is 2. The molecule has 0 radical (unpaired) electrons. The molecule has 8 heteroatoms. The van der Waals surface area contributed by atoms with Gasteiger partial charge in [0.2, 0.25) is 0 Å². The molecule has 0 aromatic rings. The number of urea groups is 1. The highest BCUT2D eigenvalue weighted by Crippen LogP contribution is 2.22. The molecule has 2 atom stereocenters. The third-order valence-electron chi connectivity index (χ3n) is 3.21. The van der Waals surface area contributed by atoms with E-state index in [1.807, 2.05) is 0 Å². The zero-order chi connectivity index (χ0) is 15.3. The van der Waals surface area contributed by atoms with Crippen molar-refractivity contribution in [3.8, 4) is 0 Å². The Hall–Kier alpha value is -1.47. The molecule has 1 fully saturated rings. The summed E-state index contributed by atoms with van der Waals surface area (Å²) in [5.74, 6) is -1.12. The second-order valence-electron chi connectivity index (χ2n) is 5.07. The molecule has 5 nitrogen and oxygen atoms in total. The predicted octanol–water partition coefficient (Wildman–Crippen LogP) is 2.37. The summed E-state index contributed by atoms with van der Waals surface area (Å²) >= 11 is 0. The molecule has 0 aromatic heterocycles. The van der Waals surface area contributed by atoms with Crippen LogP contribution >= 0.6 is 0 Å². The van der Waals surface area contributed by atoms with Gasteiger partial charge in [0.05, 0.1) is 6.42 Å². The molecule has 2 unspecified atom stereocenters. The molecule has 0 aliphatic carbocycles. The molecule has 1 saturated heterocycles. The van der Waals surface area contributed by atoms with Gasteiger partial charge in [-0.2, -0.15) is 13.2 Å². The van der Waals surface area contributed by atoms with Crippen LogP contribution in [0.4, 0.5) is 18.0 Å². The minimum Gasteiger partial charge on any atom is -0.480 e. The molecule has 1 rings (SSSR count). The molecule has 0 saturated carbocycles. The zero-order valence-corrected chi connectivity index (χ0v) is 11.2. The predicted molar refractivity (Wildman–Crippen MR) is 65.3 cm³/mol. The van der Waals surface area contributed by atoms with Crippen molar-refractivity contribution >= 4 is 12.0 Å². The first-order valence-electron chi connectivity index (χ1n) is 6.57. The lowest BCUT2D eigenvalue weighted by Gasteiger charge is -2.28. The van der Waals surface area contributed by atoms with E-state index in [-0.39, 0.29) is 6.54 Å². The van der Waals surface area contributed by atoms with E-state index in [1.165, 1.54) is 6.92 Å². The monoisotopic (exact) mass is 296 g/mol. The van der Waals surface area contributed by atoms with Gasteiger partial charge in [-0.25, -0.2) is 9.59 Å². The third-order valence-corrected chi connectivity index (χ3v) is 3.21. The fourth-order valence-corrected chi connectivity index (χ4v) is 2.30. The number of nitrogens with one attached hydrogen (secondary N) is 1. The summed E-state index contributed by atoms with van der Waals surface area (Å²) in [6, 6.07) is -2.79. The second kappa shape index (κ2) is 6.81. The number of rotatable bonds is 3. The number of alkyl halides is 3. The van der Waals surface area contributed by atoms with Crippen molar-refractivity contribution in [2.24, 2.45) is 0 Å². The maximum absolute atomic E-state index is 12.2. The minimum absolute atomic E-state index is 0.252. The number of likely N-dealkylation sites (tertiary alicyclic amines) is 1. The zero-order valence-electron chi connectivity index (χ0n) is 11.2. The van der Waals surface area contributed by atoms with E-state index in [9.17, 15) is 22.8 Å². The number of carboxylic acids is 1. The van der Waals surface area contributed by atoms with Crippen LogP contribution in [0.2, 0.25) is 0 Å². The molecule has 116 valence electrons. The number of nitrogens with zero attached hydrogens (tertiary/aromatic N) is 1. The normalized spacial score (nSPS) is 22.0. The molecule has 0 bridgehead atoms. The van der Waals surface area contributed by atoms with Crippen molar-refractivity contribution in [3.63, 3.8) is 0 Å². The van der Waals surface area contributed by atoms with Gasteiger partial charge in [-0.1, -0.05) is 12.8 Å². The van der Waals surface area contributed by atoms with Gasteiger partial charge in [-0.05, 0) is 19.8 Å². The molecule has 1 aliphatic rings. The van der Waals surface area contributed by atoms with Crippen LogP contribution in [0.15, 0.2) is 0 Å². The smallest absolute Gasteiger partial charge is 0.391 e. The summed E-state index contributed by atoms with van der Waals surface area (Å²) in [4.78, 5) is 24.2. The summed E-state index contributed by atoms with van der Waals surface area (Å²) in [6.45, 7) is 1.50. The third kappa shape index (κ3) is 5.26. The Kier molecular flexibility index (Phi) is 5.64. The molecular formula is C12H19F3N2O3. The van der Waals surface area contributed by atoms with Gasteiger partial charge in [0.25, 0.3) is 0 Å². The molecule has 0 spiro atoms. The van der Waals surface area contributed by atoms with E-state index < -0.39 is 36.7 Å². The summed E-state index contributed by atoms with van der Waals surface area (Å²) in [7, 11) is 0. The van der Waals surface area contributed by atoms with Gasteiger partial charge >= 0.3 is 18.2 Å². The van der Waals surface area contributed by atoms with Gasteiger partial charge in [-0.3, -0.25) is 0 Å². The van der Waals surface area contributed by atoms with Gasteiger partial charge in [-0.15, -0.1) is 0 Å². The standard InChI is InChI=1S/C12H19F3N2O3/c1-8(7-12(13,14)15)16-11(20)17-6-4-2-3-5-9(17)10(18)19/h8-9H,2-7H2,1H3,(H,16,20)(H,18,19). The number of carboxylic acid groups (broad SMARTS) is 1. The largest absolute Gasteiger partial charge is 0.480 e. The Morgan fingerprint density at radius 3 is 2.55 bits per heavy atom. The lowest BCUT2D eigenvalue weighted by atomic mass is 10.1. The van der Waals surface area contributed by atoms with Gasteiger partial charge in [0.15, 0.2) is 0 Å². The molecular weight excluding hydrogens is 277 g/mol. The number of halogens is 3. The lowest BCUT2D eigenvalue weighted by Crippen LogP contribution is -2.51. The fourth-order valence-electron chi connectivity index (χ4n) is 2.30. The fraction of sp³-hybridized carbons (Fsp3) is 0.833. The molecule has 1 aliphatic heterocycles. The first-order valence-corrected chi connectivity index (χ1v) is 6.57. The summed E-state index contributed by atoms with van der Waals surface area (Å²) in [5, 5.41) is 11.3. The first kappa shape index (κ1) is 16.6. The molecule has 1 heterocycles.